The van der Waals surface area contributed by atoms with Crippen LogP contribution in [0.3, 0.4) is 0 Å². The highest BCUT2D eigenvalue weighted by atomic mass is 16.3. The maximum absolute atomic E-state index is 6.32. The van der Waals surface area contributed by atoms with Crippen molar-refractivity contribution in [3.05, 3.63) is 241 Å². The van der Waals surface area contributed by atoms with Crippen LogP contribution < -0.4 is 0 Å². The first-order chi connectivity index (χ1) is 31.2. The van der Waals surface area contributed by atoms with Crippen LogP contribution >= 0.6 is 0 Å². The van der Waals surface area contributed by atoms with E-state index < -0.39 is 5.41 Å². The molecule has 1 aliphatic carbocycles. The van der Waals surface area contributed by atoms with Gasteiger partial charge in [-0.15, -0.1) is 0 Å². The summed E-state index contributed by atoms with van der Waals surface area (Å²) < 4.78 is 8.51. The van der Waals surface area contributed by atoms with E-state index in [0.29, 0.717) is 17.6 Å². The lowest BCUT2D eigenvalue weighted by Crippen LogP contribution is -2.28. The lowest BCUT2D eigenvalue weighted by Gasteiger charge is -2.34. The first-order valence-electron chi connectivity index (χ1n) is 21.4. The zero-order valence-corrected chi connectivity index (χ0v) is 34.0. The summed E-state index contributed by atoms with van der Waals surface area (Å²) in [5, 5.41) is 4.25. The number of fused-ring (bicyclic) bond motifs is 9. The average Bonchev–Trinajstić information content (AvgIpc) is 4.01. The normalized spacial score (nSPS) is 12.9. The lowest BCUT2D eigenvalue weighted by molar-refractivity contribution is 0.669. The molecule has 13 rings (SSSR count). The minimum absolute atomic E-state index is 0.482. The first kappa shape index (κ1) is 35.4. The molecule has 0 radical (unpaired) electrons. The number of furan rings is 1. The molecule has 0 bridgehead atoms. The van der Waals surface area contributed by atoms with Gasteiger partial charge >= 0.3 is 0 Å². The standard InChI is InChI=1S/C58H36N4O/c1-4-17-37(18-5-1)55-59-56(46-26-16-30-53-54(46)45-25-12-15-29-52(45)63-53)61-57(60-55)62-50-28-14-11-24-44(50)47-35-38(32-34-51(47)62)39-31-33-43-42-23-10-13-27-48(42)58(49(43)36-39,40-19-6-2-7-20-40)41-21-8-3-9-22-41/h1-36H. The summed E-state index contributed by atoms with van der Waals surface area (Å²) in [6.45, 7) is 0. The van der Waals surface area contributed by atoms with Gasteiger partial charge in [-0.25, -0.2) is 4.98 Å². The van der Waals surface area contributed by atoms with Gasteiger partial charge in [-0.05, 0) is 80.9 Å². The molecule has 3 heterocycles. The second kappa shape index (κ2) is 13.8. The highest BCUT2D eigenvalue weighted by Gasteiger charge is 2.46. The van der Waals surface area contributed by atoms with E-state index in [1.165, 1.54) is 33.4 Å². The van der Waals surface area contributed by atoms with E-state index in [2.05, 4.69) is 162 Å². The smallest absolute Gasteiger partial charge is 0.238 e. The average molecular weight is 805 g/mol. The molecule has 0 N–H and O–H groups in total. The Morgan fingerprint density at radius 1 is 0.365 bits per heavy atom. The lowest BCUT2D eigenvalue weighted by atomic mass is 9.67. The molecule has 63 heavy (non-hydrogen) atoms. The van der Waals surface area contributed by atoms with E-state index in [1.54, 1.807) is 0 Å². The summed E-state index contributed by atoms with van der Waals surface area (Å²) in [5.41, 5.74) is 14.9. The van der Waals surface area contributed by atoms with Crippen molar-refractivity contribution in [1.82, 2.24) is 19.5 Å². The molecule has 294 valence electrons. The molecule has 0 amide bonds. The maximum Gasteiger partial charge on any atom is 0.238 e. The van der Waals surface area contributed by atoms with Gasteiger partial charge in [-0.3, -0.25) is 4.57 Å². The van der Waals surface area contributed by atoms with Gasteiger partial charge in [0.1, 0.15) is 11.2 Å². The van der Waals surface area contributed by atoms with Gasteiger partial charge < -0.3 is 4.42 Å². The monoisotopic (exact) mass is 804 g/mol. The van der Waals surface area contributed by atoms with Crippen molar-refractivity contribution in [3.8, 4) is 51.0 Å². The molecule has 0 atom stereocenters. The Kier molecular flexibility index (Phi) is 7.75. The minimum Gasteiger partial charge on any atom is -0.456 e. The molecule has 3 aromatic heterocycles. The number of aromatic nitrogens is 4. The molecule has 12 aromatic rings. The van der Waals surface area contributed by atoms with Gasteiger partial charge in [0.25, 0.3) is 0 Å². The SMILES string of the molecule is c1ccc(-c2nc(-c3cccc4oc5ccccc5c34)nc(-n3c4ccccc4c4cc(-c5ccc6c(c5)C(c5ccccc5)(c5ccccc5)c5ccccc5-6)ccc43)n2)cc1. The van der Waals surface area contributed by atoms with Gasteiger partial charge in [0.2, 0.25) is 5.95 Å². The quantitative estimate of drug-likeness (QED) is 0.168. The van der Waals surface area contributed by atoms with Crippen LogP contribution in [0.4, 0.5) is 0 Å². The third kappa shape index (κ3) is 5.27. The Balaban J connectivity index is 1.02. The summed E-state index contributed by atoms with van der Waals surface area (Å²) >= 11 is 0. The largest absolute Gasteiger partial charge is 0.456 e. The number of nitrogens with zero attached hydrogens (tertiary/aromatic N) is 4. The zero-order chi connectivity index (χ0) is 41.5. The summed E-state index contributed by atoms with van der Waals surface area (Å²) in [7, 11) is 0. The molecule has 0 fully saturated rings. The third-order valence-corrected chi connectivity index (χ3v) is 13.0. The maximum atomic E-state index is 6.32. The fraction of sp³-hybridized carbons (Fsp3) is 0.0172. The topological polar surface area (TPSA) is 56.7 Å². The van der Waals surface area contributed by atoms with E-state index in [9.17, 15) is 0 Å². The number of benzene rings is 9. The van der Waals surface area contributed by atoms with E-state index in [4.69, 9.17) is 19.4 Å². The molecular weight excluding hydrogens is 769 g/mol. The van der Waals surface area contributed by atoms with Crippen molar-refractivity contribution in [3.63, 3.8) is 0 Å². The highest BCUT2D eigenvalue weighted by Crippen LogP contribution is 2.56. The van der Waals surface area contributed by atoms with Crippen LogP contribution in [0.5, 0.6) is 0 Å². The molecule has 0 unspecified atom stereocenters. The molecule has 5 heteroatoms. The molecular formula is C58H36N4O. The molecule has 0 saturated heterocycles. The van der Waals surface area contributed by atoms with Crippen LogP contribution in [0, 0.1) is 0 Å². The number of rotatable bonds is 6. The minimum atomic E-state index is -0.482. The van der Waals surface area contributed by atoms with Gasteiger partial charge in [0.15, 0.2) is 11.6 Å². The Labute approximate surface area is 363 Å². The Morgan fingerprint density at radius 2 is 0.952 bits per heavy atom. The number of para-hydroxylation sites is 2. The predicted molar refractivity (Wildman–Crippen MR) is 255 cm³/mol. The highest BCUT2D eigenvalue weighted by molar-refractivity contribution is 6.12. The van der Waals surface area contributed by atoms with E-state index in [0.717, 1.165) is 66.0 Å². The number of hydrogen-bond donors (Lipinski definition) is 0. The fourth-order valence-corrected chi connectivity index (χ4v) is 10.3. The van der Waals surface area contributed by atoms with Crippen molar-refractivity contribution in [2.75, 3.05) is 0 Å². The van der Waals surface area contributed by atoms with Gasteiger partial charge in [0.05, 0.1) is 16.4 Å². The second-order valence-corrected chi connectivity index (χ2v) is 16.3. The summed E-state index contributed by atoms with van der Waals surface area (Å²) in [6, 6.07) is 77.7. The van der Waals surface area contributed by atoms with E-state index in [1.807, 2.05) is 60.7 Å². The Bertz CT molecular complexity index is 3700. The van der Waals surface area contributed by atoms with E-state index in [-0.39, 0.29) is 0 Å². The molecule has 9 aromatic carbocycles. The number of hydrogen-bond acceptors (Lipinski definition) is 4. The van der Waals surface area contributed by atoms with E-state index >= 15 is 0 Å². The summed E-state index contributed by atoms with van der Waals surface area (Å²) in [5.74, 6) is 1.73. The molecule has 0 aliphatic heterocycles. The van der Waals surface area contributed by atoms with Gasteiger partial charge in [0, 0.05) is 32.7 Å². The Morgan fingerprint density at radius 3 is 1.76 bits per heavy atom. The first-order valence-corrected chi connectivity index (χ1v) is 21.4. The van der Waals surface area contributed by atoms with Crippen molar-refractivity contribution in [2.24, 2.45) is 0 Å². The van der Waals surface area contributed by atoms with Gasteiger partial charge in [-0.1, -0.05) is 182 Å². The molecule has 1 aliphatic rings. The van der Waals surface area contributed by atoms with Crippen LogP contribution in [-0.4, -0.2) is 19.5 Å². The van der Waals surface area contributed by atoms with Crippen LogP contribution in [0.2, 0.25) is 0 Å². The third-order valence-electron chi connectivity index (χ3n) is 13.0. The van der Waals surface area contributed by atoms with Crippen molar-refractivity contribution >= 4 is 43.7 Å². The summed E-state index contributed by atoms with van der Waals surface area (Å²) in [4.78, 5) is 15.7. The van der Waals surface area contributed by atoms with Crippen molar-refractivity contribution in [2.45, 2.75) is 5.41 Å². The van der Waals surface area contributed by atoms with Crippen molar-refractivity contribution in [1.29, 1.82) is 0 Å². The van der Waals surface area contributed by atoms with Crippen LogP contribution in [0.25, 0.3) is 94.7 Å². The van der Waals surface area contributed by atoms with Crippen LogP contribution in [0.15, 0.2) is 223 Å². The second-order valence-electron chi connectivity index (χ2n) is 16.3. The fourth-order valence-electron chi connectivity index (χ4n) is 10.3. The summed E-state index contributed by atoms with van der Waals surface area (Å²) in [6.07, 6.45) is 0. The van der Waals surface area contributed by atoms with Crippen molar-refractivity contribution < 1.29 is 4.42 Å². The van der Waals surface area contributed by atoms with Crippen LogP contribution in [-0.2, 0) is 5.41 Å². The van der Waals surface area contributed by atoms with Crippen LogP contribution in [0.1, 0.15) is 22.3 Å². The Hall–Kier alpha value is -8.41. The van der Waals surface area contributed by atoms with Gasteiger partial charge in [-0.2, -0.15) is 9.97 Å². The molecule has 0 spiro atoms. The molecule has 0 saturated carbocycles. The predicted octanol–water partition coefficient (Wildman–Crippen LogP) is 14.2. The molecule has 5 nitrogen and oxygen atoms in total. The zero-order valence-electron chi connectivity index (χ0n) is 34.0.